The number of benzene rings is 4. The van der Waals surface area contributed by atoms with Crippen molar-refractivity contribution in [3.05, 3.63) is 152 Å². The fourth-order valence-corrected chi connectivity index (χ4v) is 6.59. The quantitative estimate of drug-likeness (QED) is 0.0830. The molecule has 1 aliphatic heterocycles. The Labute approximate surface area is 313 Å². The maximum Gasteiger partial charge on any atom is 0.219 e. The Balaban J connectivity index is 1.01. The smallest absolute Gasteiger partial charge is 0.219 e. The molecular weight excluding hydrogens is 705 g/mol. The molecule has 262 valence electrons. The molecule has 1 saturated heterocycles. The fourth-order valence-electron chi connectivity index (χ4n) is 5.91. The summed E-state index contributed by atoms with van der Waals surface area (Å²) in [5.41, 5.74) is 5.90. The maximum absolute atomic E-state index is 11.8. The molecule has 2 heterocycles. The maximum atomic E-state index is 11.8. The van der Waals surface area contributed by atoms with Gasteiger partial charge in [0.1, 0.15) is 24.4 Å². The summed E-state index contributed by atoms with van der Waals surface area (Å²) >= 11 is 19.1. The van der Waals surface area contributed by atoms with Gasteiger partial charge >= 0.3 is 0 Å². The molecule has 0 radical (unpaired) electrons. The molecule has 0 atom stereocenters. The second-order valence-corrected chi connectivity index (χ2v) is 13.5. The number of allylic oxidation sites excluding steroid dienone is 1. The normalized spacial score (nSPS) is 13.6. The van der Waals surface area contributed by atoms with Crippen LogP contribution in [0, 0.1) is 6.92 Å². The highest BCUT2D eigenvalue weighted by Gasteiger charge is 2.22. The Morgan fingerprint density at radius 3 is 2.29 bits per heavy atom. The van der Waals surface area contributed by atoms with Gasteiger partial charge in [-0.25, -0.2) is 4.98 Å². The first-order chi connectivity index (χ1) is 24.8. The Bertz CT molecular complexity index is 1940. The molecule has 7 nitrogen and oxygen atoms in total. The van der Waals surface area contributed by atoms with Crippen molar-refractivity contribution in [1.29, 1.82) is 0 Å². The van der Waals surface area contributed by atoms with Crippen molar-refractivity contribution in [1.82, 2.24) is 14.8 Å². The van der Waals surface area contributed by atoms with Crippen LogP contribution in [-0.4, -0.2) is 53.9 Å². The minimum absolute atomic E-state index is 0.331. The monoisotopic (exact) mass is 741 g/mol. The second-order valence-electron chi connectivity index (χ2n) is 12.2. The average molecular weight is 743 g/mol. The highest BCUT2D eigenvalue weighted by atomic mass is 35.5. The van der Waals surface area contributed by atoms with Crippen molar-refractivity contribution >= 4 is 46.8 Å². The molecule has 0 N–H and O–H groups in total. The molecule has 0 unspecified atom stereocenters. The Hall–Kier alpha value is -4.53. The van der Waals surface area contributed by atoms with E-state index < -0.39 is 0 Å². The second kappa shape index (κ2) is 17.6. The number of aldehydes is 1. The average Bonchev–Trinajstić information content (AvgIpc) is 3.13. The van der Waals surface area contributed by atoms with Gasteiger partial charge in [-0.3, -0.25) is 9.69 Å². The summed E-state index contributed by atoms with van der Waals surface area (Å²) in [4.78, 5) is 20.8. The van der Waals surface area contributed by atoms with Crippen LogP contribution in [0.4, 0.5) is 0 Å². The zero-order valence-corrected chi connectivity index (χ0v) is 30.5. The summed E-state index contributed by atoms with van der Waals surface area (Å²) in [7, 11) is 0. The van der Waals surface area contributed by atoms with Gasteiger partial charge in [0.05, 0.1) is 17.8 Å². The van der Waals surface area contributed by atoms with E-state index in [1.807, 2.05) is 67.6 Å². The van der Waals surface area contributed by atoms with Crippen molar-refractivity contribution in [2.45, 2.75) is 26.5 Å². The summed E-state index contributed by atoms with van der Waals surface area (Å²) in [6.07, 6.45) is 4.86. The molecule has 0 spiro atoms. The van der Waals surface area contributed by atoms with Crippen LogP contribution in [0.25, 0.3) is 5.70 Å². The third kappa shape index (κ3) is 10.0. The third-order valence-electron chi connectivity index (χ3n) is 8.62. The number of rotatable bonds is 14. The third-order valence-corrected chi connectivity index (χ3v) is 9.50. The van der Waals surface area contributed by atoms with E-state index in [2.05, 4.69) is 39.0 Å². The number of carbonyl (C=O) groups is 1. The number of piperazine rings is 1. The van der Waals surface area contributed by atoms with Crippen LogP contribution in [0.3, 0.4) is 0 Å². The number of hydrogen-bond acceptors (Lipinski definition) is 7. The molecular formula is C41H38Cl3N3O4. The predicted octanol–water partition coefficient (Wildman–Crippen LogP) is 9.70. The standard InChI is InChI=1S/C41H38Cl3N3O4/c1-29-23-33(24-38(44)41(29)51-40-14-13-36(26-45-40)50-28-32-5-2-3-8-37(32)43)39(15-21-48)47-19-17-46(18-20-47)27-31-11-9-30(10-12-31)16-22-49-35-7-4-6-34(42)25-35/h2-15,21,23-26H,16-20,22,27-28H2,1H3/b39-15+. The van der Waals surface area contributed by atoms with E-state index in [0.717, 1.165) is 73.6 Å². The van der Waals surface area contributed by atoms with Crippen LogP contribution < -0.4 is 14.2 Å². The number of aryl methyl sites for hydroxylation is 1. The lowest BCUT2D eigenvalue weighted by Gasteiger charge is -2.37. The molecule has 51 heavy (non-hydrogen) atoms. The number of aromatic nitrogens is 1. The minimum atomic E-state index is 0.331. The number of nitrogens with zero attached hydrogens (tertiary/aromatic N) is 3. The van der Waals surface area contributed by atoms with Crippen molar-refractivity contribution in [3.63, 3.8) is 0 Å². The Morgan fingerprint density at radius 2 is 1.59 bits per heavy atom. The summed E-state index contributed by atoms with van der Waals surface area (Å²) in [5.74, 6) is 2.26. The lowest BCUT2D eigenvalue weighted by Crippen LogP contribution is -2.45. The van der Waals surface area contributed by atoms with Crippen LogP contribution in [0.5, 0.6) is 23.1 Å². The molecule has 0 bridgehead atoms. The molecule has 4 aromatic carbocycles. The van der Waals surface area contributed by atoms with Gasteiger partial charge in [-0.05, 0) is 71.6 Å². The van der Waals surface area contributed by atoms with E-state index in [1.165, 1.54) is 11.1 Å². The van der Waals surface area contributed by atoms with Crippen LogP contribution in [-0.2, 0) is 24.4 Å². The summed E-state index contributed by atoms with van der Waals surface area (Å²) in [6, 6.07) is 31.1. The number of pyridine rings is 1. The minimum Gasteiger partial charge on any atom is -0.493 e. The molecule has 10 heteroatoms. The Morgan fingerprint density at radius 1 is 0.804 bits per heavy atom. The van der Waals surface area contributed by atoms with Crippen LogP contribution >= 0.6 is 34.8 Å². The number of carbonyl (C=O) groups excluding carboxylic acids is 1. The van der Waals surface area contributed by atoms with E-state index in [0.29, 0.717) is 45.7 Å². The van der Waals surface area contributed by atoms with Gasteiger partial charge in [0.25, 0.3) is 0 Å². The van der Waals surface area contributed by atoms with Gasteiger partial charge in [-0.15, -0.1) is 0 Å². The summed E-state index contributed by atoms with van der Waals surface area (Å²) in [6.45, 7) is 7.00. The molecule has 6 rings (SSSR count). The van der Waals surface area contributed by atoms with Crippen LogP contribution in [0.15, 0.2) is 109 Å². The van der Waals surface area contributed by atoms with E-state index in [-0.39, 0.29) is 0 Å². The van der Waals surface area contributed by atoms with Crippen molar-refractivity contribution in [2.75, 3.05) is 32.8 Å². The van der Waals surface area contributed by atoms with E-state index in [9.17, 15) is 4.79 Å². The van der Waals surface area contributed by atoms with E-state index in [4.69, 9.17) is 49.0 Å². The highest BCUT2D eigenvalue weighted by molar-refractivity contribution is 6.32. The molecule has 1 aromatic heterocycles. The molecule has 0 amide bonds. The lowest BCUT2D eigenvalue weighted by atomic mass is 10.1. The lowest BCUT2D eigenvalue weighted by molar-refractivity contribution is -0.104. The topological polar surface area (TPSA) is 64.1 Å². The SMILES string of the molecule is Cc1cc(/C(=C\C=O)N2CCN(Cc3ccc(CCOc4cccc(Cl)c4)cc3)CC2)cc(Cl)c1Oc1ccc(OCc2ccccc2Cl)cn1. The first-order valence-electron chi connectivity index (χ1n) is 16.7. The number of hydrogen-bond donors (Lipinski definition) is 0. The highest BCUT2D eigenvalue weighted by Crippen LogP contribution is 2.36. The van der Waals surface area contributed by atoms with Gasteiger partial charge in [-0.2, -0.15) is 0 Å². The van der Waals surface area contributed by atoms with Crippen LogP contribution in [0.1, 0.15) is 27.8 Å². The molecule has 1 fully saturated rings. The molecule has 1 aliphatic rings. The molecule has 0 aliphatic carbocycles. The Kier molecular flexibility index (Phi) is 12.5. The van der Waals surface area contributed by atoms with Gasteiger partial charge in [0.15, 0.2) is 5.75 Å². The first-order valence-corrected chi connectivity index (χ1v) is 17.9. The number of ether oxygens (including phenoxy) is 3. The molecule has 0 saturated carbocycles. The van der Waals surface area contributed by atoms with Gasteiger partial charge in [0.2, 0.25) is 5.88 Å². The predicted molar refractivity (Wildman–Crippen MR) is 204 cm³/mol. The number of halogens is 3. The largest absolute Gasteiger partial charge is 0.493 e. The van der Waals surface area contributed by atoms with Gasteiger partial charge in [-0.1, -0.05) is 83.3 Å². The van der Waals surface area contributed by atoms with Crippen molar-refractivity contribution in [2.24, 2.45) is 0 Å². The fraction of sp³-hybridized carbons (Fsp3) is 0.220. The van der Waals surface area contributed by atoms with Gasteiger partial charge in [0, 0.05) is 72.6 Å². The van der Waals surface area contributed by atoms with E-state index in [1.54, 1.807) is 24.4 Å². The van der Waals surface area contributed by atoms with Crippen molar-refractivity contribution < 1.29 is 19.0 Å². The zero-order valence-electron chi connectivity index (χ0n) is 28.2. The van der Waals surface area contributed by atoms with Gasteiger partial charge < -0.3 is 19.1 Å². The summed E-state index contributed by atoms with van der Waals surface area (Å²) in [5, 5.41) is 1.75. The summed E-state index contributed by atoms with van der Waals surface area (Å²) < 4.78 is 17.8. The zero-order chi connectivity index (χ0) is 35.6. The van der Waals surface area contributed by atoms with Crippen molar-refractivity contribution in [3.8, 4) is 23.1 Å². The van der Waals surface area contributed by atoms with E-state index >= 15 is 0 Å². The van der Waals surface area contributed by atoms with Crippen LogP contribution in [0.2, 0.25) is 15.1 Å². The first kappa shape index (κ1) is 36.3. The molecule has 5 aromatic rings.